The second-order valence-corrected chi connectivity index (χ2v) is 6.45. The molecule has 0 atom stereocenters. The topological polar surface area (TPSA) is 42.2 Å². The number of halogens is 3. The number of rotatable bonds is 1. The molecule has 2 rings (SSSR count). The van der Waals surface area contributed by atoms with Crippen LogP contribution < -0.4 is 5.46 Å². The van der Waals surface area contributed by atoms with Crippen LogP contribution in [-0.2, 0) is 15.5 Å². The van der Waals surface area contributed by atoms with E-state index in [2.05, 4.69) is 0 Å². The molecule has 0 radical (unpaired) electrons. The standard InChI is InChI=1S/C15H17BF3NO2/c1-9-6-10(8-20)12(7-11(9)15(17,18)19)16-21-13(2,3)14(4,5)22-16/h6-7H,1-5H3. The van der Waals surface area contributed by atoms with Crippen LogP contribution in [0.15, 0.2) is 12.1 Å². The van der Waals surface area contributed by atoms with E-state index >= 15 is 0 Å². The highest BCUT2D eigenvalue weighted by Gasteiger charge is 2.52. The van der Waals surface area contributed by atoms with E-state index in [0.717, 1.165) is 6.07 Å². The molecule has 7 heteroatoms. The van der Waals surface area contributed by atoms with Crippen LogP contribution in [0, 0.1) is 18.3 Å². The Balaban J connectivity index is 2.55. The molecule has 0 aliphatic carbocycles. The average molecular weight is 311 g/mol. The summed E-state index contributed by atoms with van der Waals surface area (Å²) in [7, 11) is -0.999. The molecular weight excluding hydrogens is 294 g/mol. The van der Waals surface area contributed by atoms with Crippen molar-refractivity contribution in [2.24, 2.45) is 0 Å². The lowest BCUT2D eigenvalue weighted by Crippen LogP contribution is -2.41. The minimum Gasteiger partial charge on any atom is -0.399 e. The third-order valence-electron chi connectivity index (χ3n) is 4.33. The van der Waals surface area contributed by atoms with Gasteiger partial charge in [0.05, 0.1) is 28.4 Å². The van der Waals surface area contributed by atoms with Gasteiger partial charge in [0.2, 0.25) is 0 Å². The smallest absolute Gasteiger partial charge is 0.399 e. The number of aryl methyl sites for hydroxylation is 1. The Morgan fingerprint density at radius 2 is 1.59 bits per heavy atom. The zero-order valence-electron chi connectivity index (χ0n) is 13.1. The Kier molecular flexibility index (Phi) is 3.83. The van der Waals surface area contributed by atoms with E-state index in [4.69, 9.17) is 9.31 Å². The zero-order valence-corrected chi connectivity index (χ0v) is 13.1. The Morgan fingerprint density at radius 1 is 1.09 bits per heavy atom. The summed E-state index contributed by atoms with van der Waals surface area (Å²) in [6.45, 7) is 8.54. The van der Waals surface area contributed by atoms with Crippen molar-refractivity contribution < 1.29 is 22.5 Å². The molecule has 0 N–H and O–H groups in total. The summed E-state index contributed by atoms with van der Waals surface area (Å²) in [5.74, 6) is 0. The average Bonchev–Trinajstić information content (AvgIpc) is 2.56. The SMILES string of the molecule is Cc1cc(C#N)c(B2OC(C)(C)C(C)(C)O2)cc1C(F)(F)F. The van der Waals surface area contributed by atoms with Crippen molar-refractivity contribution >= 4 is 12.6 Å². The van der Waals surface area contributed by atoms with Crippen LogP contribution in [0.2, 0.25) is 0 Å². The molecule has 0 amide bonds. The first-order valence-corrected chi connectivity index (χ1v) is 6.86. The monoisotopic (exact) mass is 311 g/mol. The molecule has 1 saturated heterocycles. The molecule has 0 saturated carbocycles. The zero-order chi connectivity index (χ0) is 16.9. The minimum absolute atomic E-state index is 0.00400. The second kappa shape index (κ2) is 5.00. The van der Waals surface area contributed by atoms with E-state index in [-0.39, 0.29) is 16.6 Å². The first kappa shape index (κ1) is 16.8. The highest BCUT2D eigenvalue weighted by Crippen LogP contribution is 2.38. The largest absolute Gasteiger partial charge is 0.496 e. The lowest BCUT2D eigenvalue weighted by atomic mass is 9.74. The fraction of sp³-hybridized carbons (Fsp3) is 0.533. The molecule has 1 aliphatic rings. The fourth-order valence-electron chi connectivity index (χ4n) is 2.29. The van der Waals surface area contributed by atoms with Crippen LogP contribution in [0.4, 0.5) is 13.2 Å². The molecule has 1 heterocycles. The van der Waals surface area contributed by atoms with Gasteiger partial charge in [-0.25, -0.2) is 0 Å². The summed E-state index contributed by atoms with van der Waals surface area (Å²) in [6.07, 6.45) is -4.49. The maximum absolute atomic E-state index is 13.1. The lowest BCUT2D eigenvalue weighted by Gasteiger charge is -2.32. The highest BCUT2D eigenvalue weighted by molar-refractivity contribution is 6.62. The summed E-state index contributed by atoms with van der Waals surface area (Å²) >= 11 is 0. The predicted molar refractivity (Wildman–Crippen MR) is 76.6 cm³/mol. The van der Waals surface area contributed by atoms with Crippen LogP contribution in [0.3, 0.4) is 0 Å². The van der Waals surface area contributed by atoms with Crippen LogP contribution >= 0.6 is 0 Å². The quantitative estimate of drug-likeness (QED) is 0.748. The van der Waals surface area contributed by atoms with Gasteiger partial charge in [0, 0.05) is 5.46 Å². The van der Waals surface area contributed by atoms with Crippen LogP contribution in [-0.4, -0.2) is 18.3 Å². The molecule has 0 aromatic heterocycles. The van der Waals surface area contributed by atoms with Gasteiger partial charge in [0.15, 0.2) is 0 Å². The number of nitrogens with zero attached hydrogens (tertiary/aromatic N) is 1. The van der Waals surface area contributed by atoms with Gasteiger partial charge in [-0.1, -0.05) is 0 Å². The van der Waals surface area contributed by atoms with Crippen molar-refractivity contribution in [1.29, 1.82) is 5.26 Å². The van der Waals surface area contributed by atoms with E-state index in [0.29, 0.717) is 0 Å². The molecule has 1 aliphatic heterocycles. The molecule has 0 bridgehead atoms. The summed E-state index contributed by atoms with van der Waals surface area (Å²) < 4.78 is 50.8. The Bertz CT molecular complexity index is 631. The molecular formula is C15H17BF3NO2. The van der Waals surface area contributed by atoms with Crippen LogP contribution in [0.5, 0.6) is 0 Å². The molecule has 22 heavy (non-hydrogen) atoms. The number of nitriles is 1. The van der Waals surface area contributed by atoms with Crippen molar-refractivity contribution in [3.63, 3.8) is 0 Å². The van der Waals surface area contributed by atoms with Crippen molar-refractivity contribution in [2.45, 2.75) is 52.0 Å². The predicted octanol–water partition coefficient (Wildman–Crippen LogP) is 3.18. The number of benzene rings is 1. The van der Waals surface area contributed by atoms with Crippen LogP contribution in [0.25, 0.3) is 0 Å². The van der Waals surface area contributed by atoms with Gasteiger partial charge in [-0.15, -0.1) is 0 Å². The Labute approximate surface area is 128 Å². The summed E-state index contributed by atoms with van der Waals surface area (Å²) in [5.41, 5.74) is -1.91. The molecule has 118 valence electrons. The normalized spacial score (nSPS) is 20.0. The first-order valence-electron chi connectivity index (χ1n) is 6.86. The Morgan fingerprint density at radius 3 is 2.00 bits per heavy atom. The van der Waals surface area contributed by atoms with Crippen LogP contribution in [0.1, 0.15) is 44.4 Å². The van der Waals surface area contributed by atoms with E-state index in [1.165, 1.54) is 13.0 Å². The molecule has 0 spiro atoms. The van der Waals surface area contributed by atoms with Gasteiger partial charge in [0.1, 0.15) is 0 Å². The summed E-state index contributed by atoms with van der Waals surface area (Å²) in [5, 5.41) is 9.21. The van der Waals surface area contributed by atoms with Gasteiger partial charge in [-0.05, 0) is 52.3 Å². The second-order valence-electron chi connectivity index (χ2n) is 6.45. The van der Waals surface area contributed by atoms with E-state index < -0.39 is 30.1 Å². The maximum Gasteiger partial charge on any atom is 0.496 e. The number of hydrogen-bond donors (Lipinski definition) is 0. The van der Waals surface area contributed by atoms with Crippen molar-refractivity contribution in [3.8, 4) is 6.07 Å². The number of hydrogen-bond acceptors (Lipinski definition) is 3. The fourth-order valence-corrected chi connectivity index (χ4v) is 2.29. The van der Waals surface area contributed by atoms with E-state index in [9.17, 15) is 18.4 Å². The minimum atomic E-state index is -4.49. The molecule has 1 aromatic rings. The van der Waals surface area contributed by atoms with Gasteiger partial charge >= 0.3 is 13.3 Å². The van der Waals surface area contributed by atoms with Gasteiger partial charge in [-0.3, -0.25) is 0 Å². The summed E-state index contributed by atoms with van der Waals surface area (Å²) in [6, 6.07) is 4.10. The van der Waals surface area contributed by atoms with E-state index in [1.54, 1.807) is 27.7 Å². The van der Waals surface area contributed by atoms with Gasteiger partial charge in [0.25, 0.3) is 0 Å². The van der Waals surface area contributed by atoms with Gasteiger partial charge < -0.3 is 9.31 Å². The van der Waals surface area contributed by atoms with Crippen molar-refractivity contribution in [3.05, 3.63) is 28.8 Å². The Hall–Kier alpha value is -1.52. The van der Waals surface area contributed by atoms with Crippen molar-refractivity contribution in [2.75, 3.05) is 0 Å². The van der Waals surface area contributed by atoms with Gasteiger partial charge in [-0.2, -0.15) is 18.4 Å². The van der Waals surface area contributed by atoms with Crippen molar-refractivity contribution in [1.82, 2.24) is 0 Å². The highest BCUT2D eigenvalue weighted by atomic mass is 19.4. The molecule has 0 unspecified atom stereocenters. The maximum atomic E-state index is 13.1. The first-order chi connectivity index (χ1) is 9.89. The molecule has 1 fully saturated rings. The molecule has 1 aromatic carbocycles. The third-order valence-corrected chi connectivity index (χ3v) is 4.33. The molecule has 3 nitrogen and oxygen atoms in total. The summed E-state index contributed by atoms with van der Waals surface area (Å²) in [4.78, 5) is 0. The number of alkyl halides is 3. The third kappa shape index (κ3) is 2.73. The van der Waals surface area contributed by atoms with E-state index in [1.807, 2.05) is 6.07 Å². The lowest BCUT2D eigenvalue weighted by molar-refractivity contribution is -0.138.